The summed E-state index contributed by atoms with van der Waals surface area (Å²) in [5.74, 6) is -3.89. The molecule has 0 aliphatic heterocycles. The zero-order valence-electron chi connectivity index (χ0n) is 12.1. The van der Waals surface area contributed by atoms with Gasteiger partial charge in [-0.15, -0.1) is 0 Å². The Morgan fingerprint density at radius 1 is 0.636 bits per heavy atom. The normalized spacial score (nSPS) is 8.91. The third-order valence-corrected chi connectivity index (χ3v) is 1.58. The van der Waals surface area contributed by atoms with Crippen molar-refractivity contribution >= 4 is 23.9 Å². The van der Waals surface area contributed by atoms with Gasteiger partial charge < -0.3 is 30.6 Å². The van der Waals surface area contributed by atoms with Gasteiger partial charge in [-0.1, -0.05) is 0 Å². The van der Waals surface area contributed by atoms with E-state index in [1.165, 1.54) is 6.92 Å². The molecule has 6 N–H and O–H groups in total. The molecule has 0 aromatic carbocycles. The Balaban J connectivity index is -0.000000269. The number of aliphatic hydroxyl groups excluding tert-OH is 1. The van der Waals surface area contributed by atoms with E-state index >= 15 is 0 Å². The van der Waals surface area contributed by atoms with E-state index in [0.717, 1.165) is 0 Å². The van der Waals surface area contributed by atoms with Crippen LogP contribution in [0.3, 0.4) is 0 Å². The molecule has 0 fully saturated rings. The van der Waals surface area contributed by atoms with Crippen LogP contribution in [0.5, 0.6) is 0 Å². The van der Waals surface area contributed by atoms with Crippen molar-refractivity contribution < 1.29 is 49.8 Å². The molecule has 10 nitrogen and oxygen atoms in total. The summed E-state index contributed by atoms with van der Waals surface area (Å²) in [6.45, 7) is 1.28. The van der Waals surface area contributed by atoms with Crippen LogP contribution in [-0.4, -0.2) is 60.8 Å². The Morgan fingerprint density at radius 2 is 0.818 bits per heavy atom. The molecule has 0 aliphatic rings. The molecule has 10 heteroatoms. The molecule has 0 aliphatic carbocycles. The summed E-state index contributed by atoms with van der Waals surface area (Å²) in [7, 11) is 0. The fraction of sp³-hybridized carbons (Fsp3) is 0.667. The third-order valence-electron chi connectivity index (χ3n) is 1.58. The van der Waals surface area contributed by atoms with Gasteiger partial charge in [-0.25, -0.2) is 0 Å². The number of carboxylic acids is 4. The summed E-state index contributed by atoms with van der Waals surface area (Å²) in [6, 6.07) is 0. The summed E-state index contributed by atoms with van der Waals surface area (Å²) < 4.78 is 0. The highest BCUT2D eigenvalue weighted by molar-refractivity contribution is 5.75. The molecule has 0 rings (SSSR count). The van der Waals surface area contributed by atoms with Gasteiger partial charge in [0.25, 0.3) is 0 Å². The Hall–Kier alpha value is -2.20. The average molecular weight is 326 g/mol. The van der Waals surface area contributed by atoms with Gasteiger partial charge in [0, 0.05) is 12.8 Å². The maximum atomic E-state index is 9.90. The molecule has 0 aromatic rings. The minimum atomic E-state index is -1.17. The molecule has 0 heterocycles. The van der Waals surface area contributed by atoms with Gasteiger partial charge in [-0.3, -0.25) is 19.2 Å². The van der Waals surface area contributed by atoms with E-state index in [4.69, 9.17) is 30.6 Å². The van der Waals surface area contributed by atoms with Crippen LogP contribution in [0.1, 0.15) is 45.4 Å². The molecule has 0 amide bonds. The van der Waals surface area contributed by atoms with Crippen molar-refractivity contribution in [1.82, 2.24) is 0 Å². The van der Waals surface area contributed by atoms with Crippen molar-refractivity contribution in [1.29, 1.82) is 0 Å². The lowest BCUT2D eigenvalue weighted by molar-refractivity contribution is -0.143. The van der Waals surface area contributed by atoms with Crippen molar-refractivity contribution in [2.45, 2.75) is 51.7 Å². The quantitative estimate of drug-likeness (QED) is 0.261. The van der Waals surface area contributed by atoms with Crippen LogP contribution in [0.2, 0.25) is 0 Å². The zero-order chi connectivity index (χ0) is 18.1. The van der Waals surface area contributed by atoms with Gasteiger partial charge in [0.05, 0.1) is 12.8 Å². The second-order valence-electron chi connectivity index (χ2n) is 3.91. The van der Waals surface area contributed by atoms with Gasteiger partial charge in [0.1, 0.15) is 6.29 Å². The number of hydrogen-bond acceptors (Lipinski definition) is 6. The van der Waals surface area contributed by atoms with Crippen molar-refractivity contribution in [3.05, 3.63) is 0 Å². The molecule has 0 saturated heterocycles. The molecule has 0 radical (unpaired) electrons. The Bertz CT molecular complexity index is 304. The van der Waals surface area contributed by atoms with Gasteiger partial charge in [-0.05, 0) is 19.8 Å². The molecule has 130 valence electrons. The average Bonchev–Trinajstić information content (AvgIpc) is 2.32. The second kappa shape index (κ2) is 16.9. The first-order chi connectivity index (χ1) is 9.98. The van der Waals surface area contributed by atoms with E-state index in [-0.39, 0.29) is 25.7 Å². The van der Waals surface area contributed by atoms with Crippen molar-refractivity contribution in [2.24, 2.45) is 0 Å². The van der Waals surface area contributed by atoms with E-state index in [0.29, 0.717) is 12.8 Å². The molecule has 0 saturated carbocycles. The highest BCUT2D eigenvalue weighted by atomic mass is 16.5. The number of aliphatic hydroxyl groups is 2. The minimum Gasteiger partial charge on any atom is -0.481 e. The Kier molecular flexibility index (Phi) is 19.0. The van der Waals surface area contributed by atoms with Crippen LogP contribution in [0, 0.1) is 0 Å². The number of hydrogen-bond donors (Lipinski definition) is 6. The largest absolute Gasteiger partial charge is 0.481 e. The highest BCUT2D eigenvalue weighted by Gasteiger charge is 2.00. The van der Waals surface area contributed by atoms with Crippen LogP contribution in [-0.2, 0) is 19.2 Å². The lowest BCUT2D eigenvalue weighted by Gasteiger charge is -1.92. The fourth-order valence-corrected chi connectivity index (χ4v) is 0.766. The van der Waals surface area contributed by atoms with E-state index in [1.54, 1.807) is 0 Å². The monoisotopic (exact) mass is 326 g/mol. The standard InChI is InChI=1S/C6H10O4.C4H6O4.C2H6O2/c7-5(8)3-1-2-4-6(9)10;5-3(6)1-2-4(7)8;1-2(3)4/h1-4H2,(H,7,8)(H,9,10);1-2H2,(H,5,6)(H,7,8);2-4H,1H3. The Morgan fingerprint density at radius 3 is 0.955 bits per heavy atom. The zero-order valence-corrected chi connectivity index (χ0v) is 12.1. The maximum Gasteiger partial charge on any atom is 0.303 e. The van der Waals surface area contributed by atoms with Crippen LogP contribution >= 0.6 is 0 Å². The van der Waals surface area contributed by atoms with Crippen LogP contribution in [0.15, 0.2) is 0 Å². The van der Waals surface area contributed by atoms with Crippen molar-refractivity contribution in [3.8, 4) is 0 Å². The molecule has 0 aromatic heterocycles. The Labute approximate surface area is 126 Å². The molecular weight excluding hydrogens is 304 g/mol. The molecule has 0 spiro atoms. The summed E-state index contributed by atoms with van der Waals surface area (Å²) in [5, 5.41) is 47.3. The first kappa shape index (κ1) is 24.8. The number of aliphatic carboxylic acids is 4. The second-order valence-corrected chi connectivity index (χ2v) is 3.91. The van der Waals surface area contributed by atoms with Gasteiger partial charge in [0.15, 0.2) is 0 Å². The van der Waals surface area contributed by atoms with Crippen LogP contribution in [0.25, 0.3) is 0 Å². The summed E-state index contributed by atoms with van der Waals surface area (Å²) in [6.07, 6.45) is -0.742. The number of carboxylic acid groups (broad SMARTS) is 4. The summed E-state index contributed by atoms with van der Waals surface area (Å²) >= 11 is 0. The van der Waals surface area contributed by atoms with Gasteiger partial charge >= 0.3 is 23.9 Å². The lowest BCUT2D eigenvalue weighted by atomic mass is 10.2. The van der Waals surface area contributed by atoms with Crippen LogP contribution in [0.4, 0.5) is 0 Å². The number of rotatable bonds is 8. The van der Waals surface area contributed by atoms with Crippen molar-refractivity contribution in [3.63, 3.8) is 0 Å². The predicted molar refractivity (Wildman–Crippen MR) is 72.1 cm³/mol. The van der Waals surface area contributed by atoms with Crippen LogP contribution < -0.4 is 0 Å². The number of carbonyl (C=O) groups is 4. The van der Waals surface area contributed by atoms with E-state index < -0.39 is 30.2 Å². The third kappa shape index (κ3) is 52.3. The molecule has 0 bridgehead atoms. The van der Waals surface area contributed by atoms with Gasteiger partial charge in [-0.2, -0.15) is 0 Å². The highest BCUT2D eigenvalue weighted by Crippen LogP contribution is 1.98. The minimum absolute atomic E-state index is 0.0628. The van der Waals surface area contributed by atoms with E-state index in [9.17, 15) is 19.2 Å². The van der Waals surface area contributed by atoms with E-state index in [2.05, 4.69) is 0 Å². The SMILES string of the molecule is CC(O)O.O=C(O)CCC(=O)O.O=C(O)CCCCC(=O)O. The molecular formula is C12H22O10. The first-order valence-corrected chi connectivity index (χ1v) is 6.22. The number of unbranched alkanes of at least 4 members (excludes halogenated alkanes) is 1. The van der Waals surface area contributed by atoms with Crippen molar-refractivity contribution in [2.75, 3.05) is 0 Å². The molecule has 22 heavy (non-hydrogen) atoms. The molecule has 0 unspecified atom stereocenters. The fourth-order valence-electron chi connectivity index (χ4n) is 0.766. The smallest absolute Gasteiger partial charge is 0.303 e. The van der Waals surface area contributed by atoms with Gasteiger partial charge in [0.2, 0.25) is 0 Å². The predicted octanol–water partition coefficient (Wildman–Crippen LogP) is -0.0312. The molecule has 0 atom stereocenters. The summed E-state index contributed by atoms with van der Waals surface area (Å²) in [4.78, 5) is 39.1. The lowest BCUT2D eigenvalue weighted by Crippen LogP contribution is -2.00. The maximum absolute atomic E-state index is 9.90. The topological polar surface area (TPSA) is 190 Å². The van der Waals surface area contributed by atoms with E-state index in [1.807, 2.05) is 0 Å². The summed E-state index contributed by atoms with van der Waals surface area (Å²) in [5.41, 5.74) is 0. The first-order valence-electron chi connectivity index (χ1n) is 6.22.